The van der Waals surface area contributed by atoms with Gasteiger partial charge in [-0.05, 0) is 0 Å². The summed E-state index contributed by atoms with van der Waals surface area (Å²) in [6.07, 6.45) is 0.718. The van der Waals surface area contributed by atoms with E-state index in [1.807, 2.05) is 0 Å². The molecule has 0 unspecified atom stereocenters. The number of hydrogen-bond donors (Lipinski definition) is 1. The number of anilines is 1. The first-order chi connectivity index (χ1) is 9.19. The molecule has 1 aromatic heterocycles. The Labute approximate surface area is 109 Å². The summed E-state index contributed by atoms with van der Waals surface area (Å²) in [6.45, 7) is 2.28. The highest BCUT2D eigenvalue weighted by atomic mass is 16.5. The zero-order valence-corrected chi connectivity index (χ0v) is 10.5. The first-order valence-electron chi connectivity index (χ1n) is 5.79. The second-order valence-corrected chi connectivity index (χ2v) is 3.87. The first-order valence-corrected chi connectivity index (χ1v) is 5.79. The molecule has 19 heavy (non-hydrogen) atoms. The Bertz CT molecular complexity index is 455. The van der Waals surface area contributed by atoms with Gasteiger partial charge in [0.15, 0.2) is 5.82 Å². The third-order valence-electron chi connectivity index (χ3n) is 2.59. The van der Waals surface area contributed by atoms with Gasteiger partial charge in [0.25, 0.3) is 0 Å². The standard InChI is InChI=1S/C10H15N5O4/c1-18-10(17)12-8-6-11-15(13-8)7-9(16)14-2-4-19-5-3-14/h6H,2-5,7H2,1H3,(H,12,13,17). The molecule has 0 spiro atoms. The van der Waals surface area contributed by atoms with Gasteiger partial charge in [-0.25, -0.2) is 4.79 Å². The van der Waals surface area contributed by atoms with Gasteiger partial charge < -0.3 is 14.4 Å². The van der Waals surface area contributed by atoms with Gasteiger partial charge in [0.2, 0.25) is 5.91 Å². The van der Waals surface area contributed by atoms with Crippen LogP contribution in [0, 0.1) is 0 Å². The lowest BCUT2D eigenvalue weighted by molar-refractivity contribution is -0.136. The highest BCUT2D eigenvalue weighted by Gasteiger charge is 2.18. The Morgan fingerprint density at radius 1 is 1.47 bits per heavy atom. The topological polar surface area (TPSA) is 98.6 Å². The van der Waals surface area contributed by atoms with Crippen molar-refractivity contribution in [2.75, 3.05) is 38.7 Å². The summed E-state index contributed by atoms with van der Waals surface area (Å²) in [5.41, 5.74) is 0. The van der Waals surface area contributed by atoms with Gasteiger partial charge in [-0.1, -0.05) is 0 Å². The fourth-order valence-electron chi connectivity index (χ4n) is 1.62. The molecular formula is C10H15N5O4. The molecule has 0 atom stereocenters. The average Bonchev–Trinajstić information content (AvgIpc) is 2.86. The van der Waals surface area contributed by atoms with E-state index in [0.717, 1.165) is 0 Å². The molecule has 0 aromatic carbocycles. The molecule has 0 bridgehead atoms. The number of aromatic nitrogens is 3. The molecule has 0 aliphatic carbocycles. The van der Waals surface area contributed by atoms with Crippen molar-refractivity contribution in [1.29, 1.82) is 0 Å². The molecule has 1 saturated heterocycles. The maximum Gasteiger partial charge on any atom is 0.412 e. The number of rotatable bonds is 3. The van der Waals surface area contributed by atoms with Crippen molar-refractivity contribution >= 4 is 17.8 Å². The lowest BCUT2D eigenvalue weighted by atomic mass is 10.4. The van der Waals surface area contributed by atoms with E-state index in [1.54, 1.807) is 4.90 Å². The number of morpholine rings is 1. The molecule has 1 aliphatic heterocycles. The van der Waals surface area contributed by atoms with Crippen LogP contribution in [0.15, 0.2) is 6.20 Å². The van der Waals surface area contributed by atoms with E-state index in [4.69, 9.17) is 4.74 Å². The van der Waals surface area contributed by atoms with Crippen LogP contribution in [0.2, 0.25) is 0 Å². The lowest BCUT2D eigenvalue weighted by Gasteiger charge is -2.26. The van der Waals surface area contributed by atoms with Gasteiger partial charge in [0, 0.05) is 13.1 Å². The Hall–Kier alpha value is -2.16. The molecule has 9 nitrogen and oxygen atoms in total. The van der Waals surface area contributed by atoms with Crippen LogP contribution in [-0.4, -0.2) is 65.3 Å². The third kappa shape index (κ3) is 3.65. The van der Waals surface area contributed by atoms with E-state index < -0.39 is 6.09 Å². The average molecular weight is 269 g/mol. The number of ether oxygens (including phenoxy) is 2. The van der Waals surface area contributed by atoms with Crippen molar-refractivity contribution in [2.45, 2.75) is 6.54 Å². The summed E-state index contributed by atoms with van der Waals surface area (Å²) >= 11 is 0. The van der Waals surface area contributed by atoms with Crippen LogP contribution >= 0.6 is 0 Å². The second-order valence-electron chi connectivity index (χ2n) is 3.87. The van der Waals surface area contributed by atoms with Crippen LogP contribution in [0.5, 0.6) is 0 Å². The van der Waals surface area contributed by atoms with E-state index in [2.05, 4.69) is 20.3 Å². The van der Waals surface area contributed by atoms with Gasteiger partial charge in [-0.2, -0.15) is 9.90 Å². The number of hydrogen-bond acceptors (Lipinski definition) is 6. The van der Waals surface area contributed by atoms with Gasteiger partial charge >= 0.3 is 6.09 Å². The monoisotopic (exact) mass is 269 g/mol. The van der Waals surface area contributed by atoms with Crippen molar-refractivity contribution in [3.8, 4) is 0 Å². The number of nitrogens with zero attached hydrogens (tertiary/aromatic N) is 4. The Kier molecular flexibility index (Phi) is 4.29. The largest absolute Gasteiger partial charge is 0.453 e. The summed E-state index contributed by atoms with van der Waals surface area (Å²) < 4.78 is 9.59. The predicted molar refractivity (Wildman–Crippen MR) is 63.4 cm³/mol. The minimum Gasteiger partial charge on any atom is -0.453 e. The van der Waals surface area contributed by atoms with Crippen LogP contribution in [0.25, 0.3) is 0 Å². The normalized spacial score (nSPS) is 15.1. The molecule has 2 amide bonds. The number of carbonyl (C=O) groups excluding carboxylic acids is 2. The second kappa shape index (κ2) is 6.14. The van der Waals surface area contributed by atoms with Gasteiger partial charge in [0.05, 0.1) is 26.5 Å². The molecule has 1 fully saturated rings. The lowest BCUT2D eigenvalue weighted by Crippen LogP contribution is -2.42. The highest BCUT2D eigenvalue weighted by Crippen LogP contribution is 2.02. The summed E-state index contributed by atoms with van der Waals surface area (Å²) in [6, 6.07) is 0. The minimum atomic E-state index is -0.633. The Balaban J connectivity index is 1.88. The maximum absolute atomic E-state index is 11.9. The Morgan fingerprint density at radius 2 is 2.21 bits per heavy atom. The van der Waals surface area contributed by atoms with E-state index in [-0.39, 0.29) is 18.3 Å². The molecule has 1 aliphatic rings. The van der Waals surface area contributed by atoms with Crippen LogP contribution in [0.4, 0.5) is 10.6 Å². The van der Waals surface area contributed by atoms with E-state index in [1.165, 1.54) is 18.1 Å². The summed E-state index contributed by atoms with van der Waals surface area (Å²) in [7, 11) is 1.25. The quantitative estimate of drug-likeness (QED) is 0.780. The number of amides is 2. The fraction of sp³-hybridized carbons (Fsp3) is 0.600. The zero-order valence-electron chi connectivity index (χ0n) is 10.5. The number of carbonyl (C=O) groups is 2. The van der Waals surface area contributed by atoms with Crippen molar-refractivity contribution in [3.05, 3.63) is 6.20 Å². The molecule has 1 aromatic rings. The first kappa shape index (κ1) is 13.3. The highest BCUT2D eigenvalue weighted by molar-refractivity contribution is 5.82. The maximum atomic E-state index is 11.9. The molecule has 2 heterocycles. The molecule has 0 radical (unpaired) electrons. The summed E-state index contributed by atoms with van der Waals surface area (Å²) in [4.78, 5) is 25.8. The molecule has 104 valence electrons. The van der Waals surface area contributed by atoms with Crippen LogP contribution in [0.1, 0.15) is 0 Å². The summed E-state index contributed by atoms with van der Waals surface area (Å²) in [5.74, 6) is 0.158. The van der Waals surface area contributed by atoms with Crippen LogP contribution in [0.3, 0.4) is 0 Å². The fourth-order valence-corrected chi connectivity index (χ4v) is 1.62. The van der Waals surface area contributed by atoms with E-state index in [0.29, 0.717) is 26.3 Å². The van der Waals surface area contributed by atoms with Crippen LogP contribution in [-0.2, 0) is 20.8 Å². The summed E-state index contributed by atoms with van der Waals surface area (Å²) in [5, 5.41) is 10.2. The molecule has 2 rings (SSSR count). The number of nitrogens with one attached hydrogen (secondary N) is 1. The van der Waals surface area contributed by atoms with Gasteiger partial charge in [-0.15, -0.1) is 5.10 Å². The van der Waals surface area contributed by atoms with E-state index >= 15 is 0 Å². The predicted octanol–water partition coefficient (Wildman–Crippen LogP) is -0.685. The van der Waals surface area contributed by atoms with Gasteiger partial charge in [-0.3, -0.25) is 10.1 Å². The molecule has 0 saturated carbocycles. The third-order valence-corrected chi connectivity index (χ3v) is 2.59. The Morgan fingerprint density at radius 3 is 2.89 bits per heavy atom. The van der Waals surface area contributed by atoms with Crippen molar-refractivity contribution in [3.63, 3.8) is 0 Å². The van der Waals surface area contributed by atoms with Gasteiger partial charge in [0.1, 0.15) is 6.54 Å². The van der Waals surface area contributed by atoms with Crippen molar-refractivity contribution in [1.82, 2.24) is 19.9 Å². The molecule has 1 N–H and O–H groups in total. The smallest absolute Gasteiger partial charge is 0.412 e. The SMILES string of the molecule is COC(=O)Nc1cnn(CC(=O)N2CCOCC2)n1. The zero-order chi connectivity index (χ0) is 13.7. The molecular weight excluding hydrogens is 254 g/mol. The minimum absolute atomic E-state index is 0.0306. The van der Waals surface area contributed by atoms with Crippen molar-refractivity contribution < 1.29 is 19.1 Å². The molecule has 9 heteroatoms. The van der Waals surface area contributed by atoms with Crippen LogP contribution < -0.4 is 5.32 Å². The van der Waals surface area contributed by atoms with Crippen molar-refractivity contribution in [2.24, 2.45) is 0 Å². The van der Waals surface area contributed by atoms with E-state index in [9.17, 15) is 9.59 Å². The number of methoxy groups -OCH3 is 1.